The molecule has 1 unspecified atom stereocenters. The number of thiazole rings is 1. The van der Waals surface area contributed by atoms with E-state index >= 15 is 0 Å². The number of aryl methyl sites for hydroxylation is 1. The number of ether oxygens (including phenoxy) is 1. The van der Waals surface area contributed by atoms with Gasteiger partial charge in [-0.2, -0.15) is 4.52 Å². The largest absolute Gasteiger partial charge is 0.492 e. The lowest BCUT2D eigenvalue weighted by atomic mass is 10.0. The smallest absolute Gasteiger partial charge is 0.230 e. The van der Waals surface area contributed by atoms with Crippen LogP contribution in [0.25, 0.3) is 4.96 Å². The molecular weight excluding hydrogens is 404 g/mol. The lowest BCUT2D eigenvalue weighted by Crippen LogP contribution is -2.39. The van der Waals surface area contributed by atoms with Crippen molar-refractivity contribution in [1.29, 1.82) is 0 Å². The molecule has 0 aliphatic carbocycles. The number of halogens is 1. The van der Waals surface area contributed by atoms with Gasteiger partial charge in [-0.25, -0.2) is 4.98 Å². The van der Waals surface area contributed by atoms with Crippen molar-refractivity contribution in [3.8, 4) is 5.88 Å². The Labute approximate surface area is 158 Å². The second-order valence-corrected chi connectivity index (χ2v) is 7.90. The van der Waals surface area contributed by atoms with Gasteiger partial charge >= 0.3 is 0 Å². The van der Waals surface area contributed by atoms with Gasteiger partial charge in [-0.1, -0.05) is 46.3 Å². The molecular formula is C17H19BrN4O2S. The second-order valence-electron chi connectivity index (χ2n) is 5.97. The van der Waals surface area contributed by atoms with E-state index in [0.29, 0.717) is 13.2 Å². The fourth-order valence-corrected chi connectivity index (χ4v) is 4.71. The van der Waals surface area contributed by atoms with Crippen molar-refractivity contribution in [3.05, 3.63) is 45.0 Å². The molecule has 0 spiro atoms. The van der Waals surface area contributed by atoms with Crippen molar-refractivity contribution in [2.45, 2.75) is 19.4 Å². The Morgan fingerprint density at radius 1 is 1.36 bits per heavy atom. The van der Waals surface area contributed by atoms with Gasteiger partial charge in [0.1, 0.15) is 0 Å². The molecule has 0 saturated carbocycles. The van der Waals surface area contributed by atoms with Crippen LogP contribution in [0.4, 0.5) is 0 Å². The molecule has 8 heteroatoms. The minimum absolute atomic E-state index is 0.0417. The Morgan fingerprint density at radius 2 is 2.16 bits per heavy atom. The highest BCUT2D eigenvalue weighted by Crippen LogP contribution is 2.40. The first-order valence-electron chi connectivity index (χ1n) is 8.32. The quantitative estimate of drug-likeness (QED) is 0.698. The number of morpholine rings is 1. The van der Waals surface area contributed by atoms with Gasteiger partial charge in [-0.3, -0.25) is 4.90 Å². The summed E-state index contributed by atoms with van der Waals surface area (Å²) in [6.45, 7) is 5.06. The molecule has 25 heavy (non-hydrogen) atoms. The van der Waals surface area contributed by atoms with Crippen LogP contribution in [0.2, 0.25) is 0 Å². The molecule has 0 bridgehead atoms. The summed E-state index contributed by atoms with van der Waals surface area (Å²) in [5, 5.41) is 15.2. The number of hydrogen-bond donors (Lipinski definition) is 1. The molecule has 4 rings (SSSR count). The minimum atomic E-state index is -0.0417. The van der Waals surface area contributed by atoms with E-state index in [-0.39, 0.29) is 11.9 Å². The number of nitrogens with zero attached hydrogens (tertiary/aromatic N) is 4. The fraction of sp³-hybridized carbons (Fsp3) is 0.412. The predicted octanol–water partition coefficient (Wildman–Crippen LogP) is 3.24. The molecule has 6 nitrogen and oxygen atoms in total. The number of aromatic nitrogens is 3. The summed E-state index contributed by atoms with van der Waals surface area (Å²) in [7, 11) is 0. The summed E-state index contributed by atoms with van der Waals surface area (Å²) in [5.74, 6) is 0.933. The van der Waals surface area contributed by atoms with Gasteiger partial charge in [0.2, 0.25) is 10.8 Å². The van der Waals surface area contributed by atoms with Gasteiger partial charge in [-0.15, -0.1) is 5.10 Å². The fourth-order valence-electron chi connectivity index (χ4n) is 3.16. The highest BCUT2D eigenvalue weighted by atomic mass is 79.9. The second kappa shape index (κ2) is 7.03. The Balaban J connectivity index is 1.82. The van der Waals surface area contributed by atoms with Crippen molar-refractivity contribution < 1.29 is 9.84 Å². The van der Waals surface area contributed by atoms with Crippen molar-refractivity contribution in [2.75, 3.05) is 26.3 Å². The molecule has 1 atom stereocenters. The van der Waals surface area contributed by atoms with Crippen LogP contribution < -0.4 is 0 Å². The van der Waals surface area contributed by atoms with Crippen molar-refractivity contribution in [1.82, 2.24) is 19.5 Å². The van der Waals surface area contributed by atoms with E-state index < -0.39 is 0 Å². The Bertz CT molecular complexity index is 888. The van der Waals surface area contributed by atoms with Crippen LogP contribution in [-0.4, -0.2) is 50.9 Å². The SMILES string of the molecule is CCc1nc2sc(C(c3cccc(Br)c3)N3CCOCC3)c(O)n2n1. The van der Waals surface area contributed by atoms with E-state index in [4.69, 9.17) is 4.74 Å². The van der Waals surface area contributed by atoms with Gasteiger partial charge in [0.25, 0.3) is 0 Å². The summed E-state index contributed by atoms with van der Waals surface area (Å²) in [5.41, 5.74) is 1.13. The Kier molecular flexibility index (Phi) is 4.77. The molecule has 132 valence electrons. The van der Waals surface area contributed by atoms with E-state index in [9.17, 15) is 5.11 Å². The maximum atomic E-state index is 10.8. The summed E-state index contributed by atoms with van der Waals surface area (Å²) >= 11 is 5.06. The predicted molar refractivity (Wildman–Crippen MR) is 100 cm³/mol. The summed E-state index contributed by atoms with van der Waals surface area (Å²) in [4.78, 5) is 8.46. The van der Waals surface area contributed by atoms with E-state index in [0.717, 1.165) is 45.2 Å². The van der Waals surface area contributed by atoms with E-state index in [2.05, 4.69) is 43.0 Å². The maximum absolute atomic E-state index is 10.8. The van der Waals surface area contributed by atoms with Crippen molar-refractivity contribution >= 4 is 32.2 Å². The van der Waals surface area contributed by atoms with Crippen LogP contribution in [0.3, 0.4) is 0 Å². The number of hydrogen-bond acceptors (Lipinski definition) is 6. The number of aromatic hydroxyl groups is 1. The highest BCUT2D eigenvalue weighted by molar-refractivity contribution is 9.10. The third-order valence-corrected chi connectivity index (χ3v) is 5.95. The van der Waals surface area contributed by atoms with Crippen LogP contribution in [0, 0.1) is 0 Å². The van der Waals surface area contributed by atoms with Gasteiger partial charge in [0.15, 0.2) is 5.82 Å². The van der Waals surface area contributed by atoms with Crippen molar-refractivity contribution in [3.63, 3.8) is 0 Å². The summed E-state index contributed by atoms with van der Waals surface area (Å²) < 4.78 is 8.09. The molecule has 1 fully saturated rings. The first kappa shape index (κ1) is 17.0. The molecule has 2 aromatic heterocycles. The number of rotatable bonds is 4. The monoisotopic (exact) mass is 422 g/mol. The van der Waals surface area contributed by atoms with Gasteiger partial charge in [0, 0.05) is 24.0 Å². The molecule has 3 aromatic rings. The van der Waals surface area contributed by atoms with E-state index in [1.165, 1.54) is 11.3 Å². The minimum Gasteiger partial charge on any atom is -0.492 e. The molecule has 0 radical (unpaired) electrons. The number of fused-ring (bicyclic) bond motifs is 1. The highest BCUT2D eigenvalue weighted by Gasteiger charge is 2.30. The zero-order valence-electron chi connectivity index (χ0n) is 13.9. The van der Waals surface area contributed by atoms with Gasteiger partial charge < -0.3 is 9.84 Å². The third kappa shape index (κ3) is 3.19. The maximum Gasteiger partial charge on any atom is 0.230 e. The van der Waals surface area contributed by atoms with Crippen LogP contribution in [0.15, 0.2) is 28.7 Å². The van der Waals surface area contributed by atoms with Crippen LogP contribution in [-0.2, 0) is 11.2 Å². The zero-order valence-corrected chi connectivity index (χ0v) is 16.3. The molecule has 0 amide bonds. The molecule has 1 aromatic carbocycles. The van der Waals surface area contributed by atoms with Crippen LogP contribution >= 0.6 is 27.3 Å². The first-order valence-corrected chi connectivity index (χ1v) is 9.93. The lowest BCUT2D eigenvalue weighted by Gasteiger charge is -2.34. The van der Waals surface area contributed by atoms with Gasteiger partial charge in [-0.05, 0) is 17.7 Å². The lowest BCUT2D eigenvalue weighted by molar-refractivity contribution is 0.0241. The first-order chi connectivity index (χ1) is 12.2. The number of benzene rings is 1. The average molecular weight is 423 g/mol. The Morgan fingerprint density at radius 3 is 2.84 bits per heavy atom. The molecule has 3 heterocycles. The normalized spacial score (nSPS) is 17.2. The summed E-state index contributed by atoms with van der Waals surface area (Å²) in [6.07, 6.45) is 0.752. The van der Waals surface area contributed by atoms with E-state index in [1.54, 1.807) is 4.52 Å². The average Bonchev–Trinajstić information content (AvgIpc) is 3.16. The molecule has 1 N–H and O–H groups in total. The standard InChI is InChI=1S/C17H19BrN4O2S/c1-2-13-19-17-22(20-13)16(23)15(25-17)14(21-6-8-24-9-7-21)11-4-3-5-12(18)10-11/h3-5,10,14,23H,2,6-9H2,1H3. The van der Waals surface area contributed by atoms with Gasteiger partial charge in [0.05, 0.1) is 24.1 Å². The zero-order chi connectivity index (χ0) is 17.4. The third-order valence-electron chi connectivity index (χ3n) is 4.38. The molecule has 1 saturated heterocycles. The van der Waals surface area contributed by atoms with Crippen LogP contribution in [0.1, 0.15) is 29.2 Å². The molecule has 1 aliphatic rings. The summed E-state index contributed by atoms with van der Waals surface area (Å²) in [6, 6.07) is 8.19. The van der Waals surface area contributed by atoms with E-state index in [1.807, 2.05) is 19.1 Å². The van der Waals surface area contributed by atoms with Crippen LogP contribution in [0.5, 0.6) is 5.88 Å². The Hall–Kier alpha value is -1.48. The molecule has 1 aliphatic heterocycles. The van der Waals surface area contributed by atoms with Crippen molar-refractivity contribution in [2.24, 2.45) is 0 Å². The topological polar surface area (TPSA) is 62.9 Å².